The van der Waals surface area contributed by atoms with Gasteiger partial charge in [-0.1, -0.05) is 0 Å². The SMILES string of the molecule is COc1c(I)cnc(C(F)F)c1OC. The van der Waals surface area contributed by atoms with E-state index in [1.165, 1.54) is 20.4 Å². The van der Waals surface area contributed by atoms with Crippen LogP contribution in [0.1, 0.15) is 12.1 Å². The van der Waals surface area contributed by atoms with E-state index in [1.807, 2.05) is 22.6 Å². The van der Waals surface area contributed by atoms with Gasteiger partial charge >= 0.3 is 0 Å². The van der Waals surface area contributed by atoms with E-state index < -0.39 is 12.1 Å². The molecule has 0 spiro atoms. The summed E-state index contributed by atoms with van der Waals surface area (Å²) in [4.78, 5) is 3.59. The molecule has 0 radical (unpaired) electrons. The minimum Gasteiger partial charge on any atom is -0.492 e. The molecule has 1 aromatic heterocycles. The van der Waals surface area contributed by atoms with Gasteiger partial charge in [-0.15, -0.1) is 0 Å². The summed E-state index contributed by atoms with van der Waals surface area (Å²) in [6.07, 6.45) is -1.35. The first kappa shape index (κ1) is 11.4. The van der Waals surface area contributed by atoms with Gasteiger partial charge in [-0.2, -0.15) is 0 Å². The second-order valence-electron chi connectivity index (χ2n) is 2.36. The zero-order valence-electron chi connectivity index (χ0n) is 7.55. The highest BCUT2D eigenvalue weighted by Gasteiger charge is 2.21. The Morgan fingerprint density at radius 2 is 1.86 bits per heavy atom. The standard InChI is InChI=1S/C8H8F2INO2/c1-13-6-4(11)3-12-5(8(9)10)7(6)14-2/h3,8H,1-2H3. The van der Waals surface area contributed by atoms with Crippen LogP contribution in [0.4, 0.5) is 8.78 Å². The maximum absolute atomic E-state index is 12.5. The molecule has 1 rings (SSSR count). The summed E-state index contributed by atoms with van der Waals surface area (Å²) < 4.78 is 35.3. The van der Waals surface area contributed by atoms with Crippen molar-refractivity contribution in [2.75, 3.05) is 14.2 Å². The number of hydrogen-bond donors (Lipinski definition) is 0. The molecule has 6 heteroatoms. The first-order valence-corrected chi connectivity index (χ1v) is 4.74. The predicted octanol–water partition coefficient (Wildman–Crippen LogP) is 2.64. The molecule has 1 aromatic rings. The Labute approximate surface area is 93.6 Å². The lowest BCUT2D eigenvalue weighted by atomic mass is 10.3. The fraction of sp³-hybridized carbons (Fsp3) is 0.375. The molecule has 0 aliphatic carbocycles. The molecule has 0 unspecified atom stereocenters. The monoisotopic (exact) mass is 315 g/mol. The van der Waals surface area contributed by atoms with Crippen molar-refractivity contribution in [1.82, 2.24) is 4.98 Å². The minimum atomic E-state index is -2.67. The maximum Gasteiger partial charge on any atom is 0.284 e. The summed E-state index contributed by atoms with van der Waals surface area (Å²) in [5.41, 5.74) is -0.398. The van der Waals surface area contributed by atoms with Crippen molar-refractivity contribution in [3.63, 3.8) is 0 Å². The third-order valence-corrected chi connectivity index (χ3v) is 2.36. The van der Waals surface area contributed by atoms with Crippen LogP contribution in [0, 0.1) is 3.57 Å². The highest BCUT2D eigenvalue weighted by atomic mass is 127. The van der Waals surface area contributed by atoms with Crippen LogP contribution in [0.3, 0.4) is 0 Å². The molecule has 3 nitrogen and oxygen atoms in total. The maximum atomic E-state index is 12.5. The lowest BCUT2D eigenvalue weighted by Gasteiger charge is -2.12. The number of alkyl halides is 2. The number of pyridine rings is 1. The Hall–Kier alpha value is -0.660. The van der Waals surface area contributed by atoms with Crippen LogP contribution in [0.15, 0.2) is 6.20 Å². The zero-order valence-corrected chi connectivity index (χ0v) is 9.71. The van der Waals surface area contributed by atoms with E-state index in [0.717, 1.165) is 0 Å². The van der Waals surface area contributed by atoms with Crippen molar-refractivity contribution in [1.29, 1.82) is 0 Å². The van der Waals surface area contributed by atoms with Crippen LogP contribution in [0.2, 0.25) is 0 Å². The Balaban J connectivity index is 3.33. The van der Waals surface area contributed by atoms with Crippen LogP contribution < -0.4 is 9.47 Å². The normalized spacial score (nSPS) is 10.4. The first-order chi connectivity index (χ1) is 6.61. The van der Waals surface area contributed by atoms with Crippen molar-refractivity contribution >= 4 is 22.6 Å². The van der Waals surface area contributed by atoms with E-state index in [9.17, 15) is 8.78 Å². The third-order valence-electron chi connectivity index (χ3n) is 1.59. The van der Waals surface area contributed by atoms with Gasteiger partial charge in [-0.25, -0.2) is 13.8 Å². The summed E-state index contributed by atoms with van der Waals surface area (Å²) in [6.45, 7) is 0. The average Bonchev–Trinajstić information content (AvgIpc) is 2.16. The lowest BCUT2D eigenvalue weighted by molar-refractivity contribution is 0.140. The second-order valence-corrected chi connectivity index (χ2v) is 3.52. The molecule has 0 fully saturated rings. The van der Waals surface area contributed by atoms with E-state index in [2.05, 4.69) is 4.98 Å². The topological polar surface area (TPSA) is 31.4 Å². The highest BCUT2D eigenvalue weighted by Crippen LogP contribution is 2.38. The fourth-order valence-corrected chi connectivity index (χ4v) is 1.62. The largest absolute Gasteiger partial charge is 0.492 e. The van der Waals surface area contributed by atoms with E-state index in [4.69, 9.17) is 9.47 Å². The molecule has 0 aliphatic rings. The average molecular weight is 315 g/mol. The summed E-state index contributed by atoms with van der Waals surface area (Å²) in [6, 6.07) is 0. The second kappa shape index (κ2) is 4.72. The molecule has 0 bridgehead atoms. The van der Waals surface area contributed by atoms with Crippen LogP contribution in [0.5, 0.6) is 11.5 Å². The van der Waals surface area contributed by atoms with Gasteiger partial charge in [0.1, 0.15) is 0 Å². The summed E-state index contributed by atoms with van der Waals surface area (Å²) >= 11 is 1.94. The predicted molar refractivity (Wildman–Crippen MR) is 55.0 cm³/mol. The molecule has 0 saturated heterocycles. The van der Waals surface area contributed by atoms with E-state index in [0.29, 0.717) is 9.32 Å². The summed E-state index contributed by atoms with van der Waals surface area (Å²) in [5.74, 6) is 0.285. The first-order valence-electron chi connectivity index (χ1n) is 3.66. The van der Waals surface area contributed by atoms with Crippen molar-refractivity contribution in [2.24, 2.45) is 0 Å². The Morgan fingerprint density at radius 1 is 1.29 bits per heavy atom. The number of rotatable bonds is 3. The molecule has 0 amide bonds. The van der Waals surface area contributed by atoms with Crippen LogP contribution in [-0.4, -0.2) is 19.2 Å². The van der Waals surface area contributed by atoms with Gasteiger partial charge < -0.3 is 9.47 Å². The Bertz CT molecular complexity index is 333. The molecule has 0 N–H and O–H groups in total. The van der Waals surface area contributed by atoms with Crippen molar-refractivity contribution in [2.45, 2.75) is 6.43 Å². The minimum absolute atomic E-state index is 0.00519. The number of halogens is 3. The number of methoxy groups -OCH3 is 2. The Kier molecular flexibility index (Phi) is 3.85. The molecule has 78 valence electrons. The van der Waals surface area contributed by atoms with Crippen molar-refractivity contribution in [3.8, 4) is 11.5 Å². The molecule has 0 aromatic carbocycles. The van der Waals surface area contributed by atoms with E-state index in [-0.39, 0.29) is 5.75 Å². The molecule has 0 saturated carbocycles. The molecule has 1 heterocycles. The number of nitrogens with zero attached hydrogens (tertiary/aromatic N) is 1. The van der Waals surface area contributed by atoms with Gasteiger partial charge in [0.05, 0.1) is 17.8 Å². The Morgan fingerprint density at radius 3 is 2.29 bits per heavy atom. The van der Waals surface area contributed by atoms with Crippen LogP contribution in [-0.2, 0) is 0 Å². The van der Waals surface area contributed by atoms with E-state index >= 15 is 0 Å². The molecule has 0 atom stereocenters. The van der Waals surface area contributed by atoms with E-state index in [1.54, 1.807) is 0 Å². The number of hydrogen-bond acceptors (Lipinski definition) is 3. The summed E-state index contributed by atoms with van der Waals surface area (Å²) in [5, 5.41) is 0. The van der Waals surface area contributed by atoms with Crippen LogP contribution in [0.25, 0.3) is 0 Å². The van der Waals surface area contributed by atoms with Crippen molar-refractivity contribution < 1.29 is 18.3 Å². The van der Waals surface area contributed by atoms with Gasteiger partial charge in [0.25, 0.3) is 6.43 Å². The highest BCUT2D eigenvalue weighted by molar-refractivity contribution is 14.1. The van der Waals surface area contributed by atoms with Gasteiger partial charge in [-0.3, -0.25) is 0 Å². The van der Waals surface area contributed by atoms with Gasteiger partial charge in [0, 0.05) is 6.20 Å². The number of ether oxygens (including phenoxy) is 2. The molecule has 0 aliphatic heterocycles. The molecule has 14 heavy (non-hydrogen) atoms. The van der Waals surface area contributed by atoms with Crippen LogP contribution >= 0.6 is 22.6 Å². The lowest BCUT2D eigenvalue weighted by Crippen LogP contribution is -2.01. The third kappa shape index (κ3) is 2.05. The zero-order chi connectivity index (χ0) is 10.7. The molecular weight excluding hydrogens is 307 g/mol. The van der Waals surface area contributed by atoms with Gasteiger partial charge in [-0.05, 0) is 22.6 Å². The quantitative estimate of drug-likeness (QED) is 0.804. The molecular formula is C8H8F2INO2. The van der Waals surface area contributed by atoms with Gasteiger partial charge in [0.15, 0.2) is 17.2 Å². The number of aromatic nitrogens is 1. The fourth-order valence-electron chi connectivity index (χ4n) is 1.01. The van der Waals surface area contributed by atoms with Crippen molar-refractivity contribution in [3.05, 3.63) is 15.5 Å². The smallest absolute Gasteiger partial charge is 0.284 e. The summed E-state index contributed by atoms with van der Waals surface area (Å²) in [7, 11) is 2.71. The van der Waals surface area contributed by atoms with Gasteiger partial charge in [0.2, 0.25) is 0 Å².